The van der Waals surface area contributed by atoms with Crippen molar-refractivity contribution in [2.24, 2.45) is 0 Å². The quantitative estimate of drug-likeness (QED) is 0.931. The van der Waals surface area contributed by atoms with Crippen molar-refractivity contribution < 1.29 is 4.39 Å². The van der Waals surface area contributed by atoms with Gasteiger partial charge in [0.1, 0.15) is 5.82 Å². The minimum Gasteiger partial charge on any atom is -0.383 e. The topological polar surface area (TPSA) is 46.9 Å². The number of aromatic nitrogens is 2. The van der Waals surface area contributed by atoms with Crippen molar-refractivity contribution in [3.63, 3.8) is 0 Å². The first-order chi connectivity index (χ1) is 9.49. The van der Waals surface area contributed by atoms with Crippen molar-refractivity contribution in [2.45, 2.75) is 20.4 Å². The van der Waals surface area contributed by atoms with Crippen LogP contribution in [0.1, 0.15) is 11.4 Å². The molecular weight excluding hydrogens is 325 g/mol. The molecule has 20 heavy (non-hydrogen) atoms. The largest absolute Gasteiger partial charge is 0.383 e. The van der Waals surface area contributed by atoms with Crippen LogP contribution in [0.25, 0.3) is 0 Å². The molecule has 0 aliphatic rings. The third-order valence-electron chi connectivity index (χ3n) is 3.04. The maximum absolute atomic E-state index is 12.8. The predicted molar refractivity (Wildman–Crippen MR) is 80.6 cm³/mol. The van der Waals surface area contributed by atoms with E-state index in [0.717, 1.165) is 15.9 Å². The predicted octanol–water partition coefficient (Wildman–Crippen LogP) is 2.87. The van der Waals surface area contributed by atoms with Gasteiger partial charge in [0.25, 0.3) is 0 Å². The number of aryl methyl sites for hydroxylation is 1. The number of nitrogens with zero attached hydrogens (tertiary/aromatic N) is 2. The lowest BCUT2D eigenvalue weighted by molar-refractivity contribution is 0.627. The lowest BCUT2D eigenvalue weighted by atomic mass is 10.3. The lowest BCUT2D eigenvalue weighted by Crippen LogP contribution is -2.29. The summed E-state index contributed by atoms with van der Waals surface area (Å²) in [5.41, 5.74) is 2.10. The van der Waals surface area contributed by atoms with Crippen LogP contribution in [0.2, 0.25) is 0 Å². The van der Waals surface area contributed by atoms with Gasteiger partial charge in [0, 0.05) is 24.5 Å². The van der Waals surface area contributed by atoms with Gasteiger partial charge in [-0.25, -0.2) is 9.18 Å². The van der Waals surface area contributed by atoms with Crippen molar-refractivity contribution in [2.75, 3.05) is 11.9 Å². The summed E-state index contributed by atoms with van der Waals surface area (Å²) in [6.45, 7) is 4.72. The van der Waals surface area contributed by atoms with Gasteiger partial charge in [-0.2, -0.15) is 4.98 Å². The fourth-order valence-corrected chi connectivity index (χ4v) is 2.22. The van der Waals surface area contributed by atoms with E-state index in [0.29, 0.717) is 18.8 Å². The monoisotopic (exact) mass is 339 g/mol. The van der Waals surface area contributed by atoms with E-state index in [-0.39, 0.29) is 11.5 Å². The van der Waals surface area contributed by atoms with Crippen molar-refractivity contribution in [1.82, 2.24) is 9.55 Å². The highest BCUT2D eigenvalue weighted by molar-refractivity contribution is 9.10. The molecular formula is C14H15BrFN3O. The Labute approximate surface area is 124 Å². The van der Waals surface area contributed by atoms with Crippen LogP contribution < -0.4 is 11.0 Å². The number of rotatable bonds is 4. The maximum Gasteiger partial charge on any atom is 0.348 e. The Hall–Kier alpha value is -1.69. The summed E-state index contributed by atoms with van der Waals surface area (Å²) in [5.74, 6) is -0.269. The molecule has 106 valence electrons. The van der Waals surface area contributed by atoms with E-state index >= 15 is 0 Å². The first-order valence-electron chi connectivity index (χ1n) is 6.22. The van der Waals surface area contributed by atoms with Crippen molar-refractivity contribution in [3.05, 3.63) is 56.4 Å². The molecule has 0 saturated carbocycles. The molecule has 2 rings (SSSR count). The van der Waals surface area contributed by atoms with Gasteiger partial charge in [0.2, 0.25) is 0 Å². The van der Waals surface area contributed by atoms with E-state index in [2.05, 4.69) is 26.2 Å². The molecule has 0 bridgehead atoms. The lowest BCUT2D eigenvalue weighted by Gasteiger charge is -2.13. The van der Waals surface area contributed by atoms with Gasteiger partial charge in [-0.3, -0.25) is 4.57 Å². The first-order valence-corrected chi connectivity index (χ1v) is 7.01. The molecule has 0 fully saturated rings. The van der Waals surface area contributed by atoms with Gasteiger partial charge in [-0.15, -0.1) is 0 Å². The van der Waals surface area contributed by atoms with Crippen LogP contribution >= 0.6 is 15.9 Å². The second kappa shape index (κ2) is 6.17. The Bertz CT molecular complexity index is 667. The van der Waals surface area contributed by atoms with E-state index in [1.807, 2.05) is 6.92 Å². The molecule has 0 radical (unpaired) electrons. The molecule has 6 heteroatoms. The van der Waals surface area contributed by atoms with Gasteiger partial charge in [0.15, 0.2) is 0 Å². The smallest absolute Gasteiger partial charge is 0.348 e. The van der Waals surface area contributed by atoms with Crippen LogP contribution in [0.5, 0.6) is 0 Å². The highest BCUT2D eigenvalue weighted by Crippen LogP contribution is 2.16. The van der Waals surface area contributed by atoms with Gasteiger partial charge in [0.05, 0.1) is 10.2 Å². The molecule has 0 atom stereocenters. The van der Waals surface area contributed by atoms with E-state index in [4.69, 9.17) is 0 Å². The van der Waals surface area contributed by atoms with E-state index in [9.17, 15) is 9.18 Å². The molecule has 1 heterocycles. The minimum atomic E-state index is -0.269. The molecule has 0 unspecified atom stereocenters. The number of halogens is 2. The Morgan fingerprint density at radius 1 is 1.30 bits per heavy atom. The Kier molecular flexibility index (Phi) is 4.54. The number of nitrogens with one attached hydrogen (secondary N) is 1. The molecule has 2 aromatic rings. The fraction of sp³-hybridized carbons (Fsp3) is 0.286. The van der Waals surface area contributed by atoms with Crippen molar-refractivity contribution >= 4 is 21.6 Å². The Balaban J connectivity index is 2.06. The molecule has 0 aliphatic carbocycles. The fourth-order valence-electron chi connectivity index (χ4n) is 1.92. The average molecular weight is 340 g/mol. The van der Waals surface area contributed by atoms with Crippen LogP contribution in [0, 0.1) is 19.7 Å². The van der Waals surface area contributed by atoms with Gasteiger partial charge in [-0.1, -0.05) is 0 Å². The van der Waals surface area contributed by atoms with Crippen LogP contribution in [0.3, 0.4) is 0 Å². The summed E-state index contributed by atoms with van der Waals surface area (Å²) < 4.78 is 15.2. The first kappa shape index (κ1) is 14.7. The molecule has 4 nitrogen and oxygen atoms in total. The number of hydrogen-bond donors (Lipinski definition) is 1. The number of hydrogen-bond acceptors (Lipinski definition) is 3. The maximum atomic E-state index is 12.8. The van der Waals surface area contributed by atoms with E-state index in [1.165, 1.54) is 12.1 Å². The summed E-state index contributed by atoms with van der Waals surface area (Å²) in [5, 5.41) is 3.14. The number of benzene rings is 1. The van der Waals surface area contributed by atoms with Crippen LogP contribution in [0.15, 0.2) is 33.5 Å². The Morgan fingerprint density at radius 2 is 1.95 bits per heavy atom. The van der Waals surface area contributed by atoms with Gasteiger partial charge < -0.3 is 5.32 Å². The second-order valence-corrected chi connectivity index (χ2v) is 5.26. The third kappa shape index (κ3) is 3.25. The zero-order valence-corrected chi connectivity index (χ0v) is 12.9. The minimum absolute atomic E-state index is 0.260. The molecule has 0 amide bonds. The second-order valence-electron chi connectivity index (χ2n) is 4.46. The highest BCUT2D eigenvalue weighted by Gasteiger charge is 2.08. The van der Waals surface area contributed by atoms with Crippen LogP contribution in [0.4, 0.5) is 10.1 Å². The standard InChI is InChI=1S/C14H15BrFN3O/c1-9-13(15)10(2)19(14(20)18-9)8-7-17-12-5-3-11(16)4-6-12/h3-6,17H,7-8H2,1-2H3. The van der Waals surface area contributed by atoms with Crippen molar-refractivity contribution in [1.29, 1.82) is 0 Å². The zero-order chi connectivity index (χ0) is 14.7. The van der Waals surface area contributed by atoms with Gasteiger partial charge in [-0.05, 0) is 54.0 Å². The molecule has 1 aromatic carbocycles. The summed E-state index contributed by atoms with van der Waals surface area (Å²) in [6, 6.07) is 6.11. The summed E-state index contributed by atoms with van der Waals surface area (Å²) in [4.78, 5) is 15.8. The van der Waals surface area contributed by atoms with Crippen molar-refractivity contribution in [3.8, 4) is 0 Å². The van der Waals surface area contributed by atoms with Crippen LogP contribution in [-0.4, -0.2) is 16.1 Å². The normalized spacial score (nSPS) is 10.6. The number of anilines is 1. The summed E-state index contributed by atoms with van der Waals surface area (Å²) in [6.07, 6.45) is 0. The average Bonchev–Trinajstić information content (AvgIpc) is 2.42. The zero-order valence-electron chi connectivity index (χ0n) is 11.3. The SMILES string of the molecule is Cc1nc(=O)n(CCNc2ccc(F)cc2)c(C)c1Br. The van der Waals surface area contributed by atoms with Crippen LogP contribution in [-0.2, 0) is 6.54 Å². The van der Waals surface area contributed by atoms with Gasteiger partial charge >= 0.3 is 5.69 Å². The summed E-state index contributed by atoms with van der Waals surface area (Å²) in [7, 11) is 0. The Morgan fingerprint density at radius 3 is 2.60 bits per heavy atom. The molecule has 1 aromatic heterocycles. The van der Waals surface area contributed by atoms with E-state index in [1.54, 1.807) is 23.6 Å². The molecule has 1 N–H and O–H groups in total. The molecule has 0 aliphatic heterocycles. The molecule has 0 spiro atoms. The highest BCUT2D eigenvalue weighted by atomic mass is 79.9. The summed E-state index contributed by atoms with van der Waals surface area (Å²) >= 11 is 3.42. The van der Waals surface area contributed by atoms with E-state index < -0.39 is 0 Å². The third-order valence-corrected chi connectivity index (χ3v) is 4.19. The molecule has 0 saturated heterocycles.